The maximum atomic E-state index is 12.8. The van der Waals surface area contributed by atoms with Gasteiger partial charge in [-0.3, -0.25) is 4.79 Å². The lowest BCUT2D eigenvalue weighted by Crippen LogP contribution is -2.55. The highest BCUT2D eigenvalue weighted by Crippen LogP contribution is 2.28. The Morgan fingerprint density at radius 2 is 1.94 bits per heavy atom. The number of nitrogens with zero attached hydrogens (tertiary/aromatic N) is 1. The Morgan fingerprint density at radius 1 is 1.28 bits per heavy atom. The highest BCUT2D eigenvalue weighted by Gasteiger charge is 2.47. The molecule has 1 aliphatic rings. The minimum atomic E-state index is -4.47. The van der Waals surface area contributed by atoms with Crippen LogP contribution in [0.1, 0.15) is 5.56 Å². The topological polar surface area (TPSA) is 29.5 Å². The van der Waals surface area contributed by atoms with Crippen molar-refractivity contribution < 1.29 is 22.7 Å². The third-order valence-electron chi connectivity index (χ3n) is 2.77. The van der Waals surface area contributed by atoms with Crippen LogP contribution < -0.4 is 0 Å². The van der Waals surface area contributed by atoms with Crippen LogP contribution >= 0.6 is 0 Å². The Bertz CT molecular complexity index is 419. The smallest absolute Gasteiger partial charge is 0.369 e. The third kappa shape index (κ3) is 2.81. The molecule has 0 aliphatic carbocycles. The van der Waals surface area contributed by atoms with E-state index in [1.165, 1.54) is 0 Å². The number of ether oxygens (including phenoxy) is 1. The predicted molar refractivity (Wildman–Crippen MR) is 57.7 cm³/mol. The van der Waals surface area contributed by atoms with Crippen molar-refractivity contribution in [3.05, 3.63) is 35.9 Å². The van der Waals surface area contributed by atoms with Crippen molar-refractivity contribution >= 4 is 5.91 Å². The van der Waals surface area contributed by atoms with E-state index in [2.05, 4.69) is 4.74 Å². The fourth-order valence-electron chi connectivity index (χ4n) is 1.85. The van der Waals surface area contributed by atoms with Gasteiger partial charge in [-0.2, -0.15) is 13.2 Å². The van der Waals surface area contributed by atoms with E-state index in [-0.39, 0.29) is 13.2 Å². The van der Waals surface area contributed by atoms with E-state index in [1.54, 1.807) is 30.3 Å². The summed E-state index contributed by atoms with van der Waals surface area (Å²) in [5.41, 5.74) is 0.669. The van der Waals surface area contributed by atoms with Gasteiger partial charge in [0.2, 0.25) is 5.91 Å². The number of morpholine rings is 1. The summed E-state index contributed by atoms with van der Waals surface area (Å²) in [6.45, 7) is -0.839. The van der Waals surface area contributed by atoms with Crippen molar-refractivity contribution in [2.75, 3.05) is 13.2 Å². The summed E-state index contributed by atoms with van der Waals surface area (Å²) >= 11 is 0. The number of alkyl halides is 3. The molecule has 1 atom stereocenters. The Kier molecular flexibility index (Phi) is 3.56. The van der Waals surface area contributed by atoms with Gasteiger partial charge in [-0.25, -0.2) is 0 Å². The minimum Gasteiger partial charge on any atom is -0.369 e. The largest absolute Gasteiger partial charge is 0.411 e. The summed E-state index contributed by atoms with van der Waals surface area (Å²) in [6, 6.07) is 6.74. The molecule has 0 N–H and O–H groups in total. The molecule has 1 aromatic rings. The van der Waals surface area contributed by atoms with E-state index in [4.69, 9.17) is 0 Å². The average molecular weight is 259 g/mol. The lowest BCUT2D eigenvalue weighted by molar-refractivity contribution is -0.215. The molecular weight excluding hydrogens is 247 g/mol. The van der Waals surface area contributed by atoms with Gasteiger partial charge in [0, 0.05) is 6.54 Å². The Labute approximate surface area is 102 Å². The second-order valence-electron chi connectivity index (χ2n) is 4.08. The number of benzene rings is 1. The van der Waals surface area contributed by atoms with Gasteiger partial charge in [0.15, 0.2) is 6.04 Å². The molecule has 1 saturated heterocycles. The molecular formula is C12H12F3NO2. The number of rotatable bonds is 2. The summed E-state index contributed by atoms with van der Waals surface area (Å²) in [5, 5.41) is 0. The Hall–Kier alpha value is -1.56. The first-order chi connectivity index (χ1) is 8.48. The van der Waals surface area contributed by atoms with Crippen LogP contribution in [0.5, 0.6) is 0 Å². The van der Waals surface area contributed by atoms with Crippen molar-refractivity contribution in [3.63, 3.8) is 0 Å². The number of amides is 1. The van der Waals surface area contributed by atoms with Gasteiger partial charge < -0.3 is 9.64 Å². The first-order valence-electron chi connectivity index (χ1n) is 5.46. The maximum Gasteiger partial charge on any atom is 0.411 e. The highest BCUT2D eigenvalue weighted by atomic mass is 19.4. The van der Waals surface area contributed by atoms with Gasteiger partial charge in [0.05, 0.1) is 6.61 Å². The van der Waals surface area contributed by atoms with Crippen LogP contribution in [0.25, 0.3) is 0 Å². The number of carbonyl (C=O) groups is 1. The highest BCUT2D eigenvalue weighted by molar-refractivity contribution is 5.78. The number of halogens is 3. The van der Waals surface area contributed by atoms with E-state index in [0.29, 0.717) is 5.56 Å². The van der Waals surface area contributed by atoms with Crippen molar-refractivity contribution in [2.24, 2.45) is 0 Å². The fraction of sp³-hybridized carbons (Fsp3) is 0.417. The normalized spacial score (nSPS) is 21.2. The van der Waals surface area contributed by atoms with Gasteiger partial charge >= 0.3 is 6.18 Å². The van der Waals surface area contributed by atoms with E-state index in [0.717, 1.165) is 4.90 Å². The van der Waals surface area contributed by atoms with Gasteiger partial charge in [0.1, 0.15) is 6.61 Å². The zero-order valence-electron chi connectivity index (χ0n) is 9.48. The minimum absolute atomic E-state index is 0.0484. The molecule has 0 unspecified atom stereocenters. The molecule has 1 fully saturated rings. The zero-order chi connectivity index (χ0) is 13.2. The summed E-state index contributed by atoms with van der Waals surface area (Å²) < 4.78 is 43.1. The van der Waals surface area contributed by atoms with Crippen LogP contribution in [0, 0.1) is 0 Å². The second kappa shape index (κ2) is 4.97. The zero-order valence-corrected chi connectivity index (χ0v) is 9.48. The lowest BCUT2D eigenvalue weighted by atomic mass is 10.1. The van der Waals surface area contributed by atoms with Gasteiger partial charge in [-0.15, -0.1) is 0 Å². The quantitative estimate of drug-likeness (QED) is 0.812. The van der Waals surface area contributed by atoms with Crippen LogP contribution in [-0.4, -0.2) is 36.2 Å². The molecule has 6 heteroatoms. The lowest BCUT2D eigenvalue weighted by Gasteiger charge is -2.36. The maximum absolute atomic E-state index is 12.8. The number of hydrogen-bond donors (Lipinski definition) is 0. The summed E-state index contributed by atoms with van der Waals surface area (Å²) in [6.07, 6.45) is -4.47. The Balaban J connectivity index is 2.18. The molecule has 1 aliphatic heterocycles. The molecule has 1 aromatic carbocycles. The summed E-state index contributed by atoms with van der Waals surface area (Å²) in [4.78, 5) is 12.4. The first kappa shape index (κ1) is 12.9. The molecule has 0 spiro atoms. The molecule has 0 bridgehead atoms. The number of hydrogen-bond acceptors (Lipinski definition) is 2. The summed E-state index contributed by atoms with van der Waals surface area (Å²) in [5.74, 6) is -0.632. The Morgan fingerprint density at radius 3 is 2.56 bits per heavy atom. The molecule has 98 valence electrons. The van der Waals surface area contributed by atoms with Crippen LogP contribution in [0.2, 0.25) is 0 Å². The molecule has 0 radical (unpaired) electrons. The monoisotopic (exact) mass is 259 g/mol. The molecule has 3 nitrogen and oxygen atoms in total. The van der Waals surface area contributed by atoms with Gasteiger partial charge in [-0.1, -0.05) is 30.3 Å². The fourth-order valence-corrected chi connectivity index (χ4v) is 1.85. The molecule has 18 heavy (non-hydrogen) atoms. The third-order valence-corrected chi connectivity index (χ3v) is 2.77. The van der Waals surface area contributed by atoms with E-state index in [1.807, 2.05) is 0 Å². The predicted octanol–water partition coefficient (Wildman–Crippen LogP) is 1.98. The van der Waals surface area contributed by atoms with Crippen molar-refractivity contribution in [1.82, 2.24) is 4.90 Å². The molecule has 1 amide bonds. The van der Waals surface area contributed by atoms with Gasteiger partial charge in [0.25, 0.3) is 0 Å². The van der Waals surface area contributed by atoms with E-state index < -0.39 is 24.7 Å². The SMILES string of the molecule is O=C1COC[C@@H](C(F)(F)F)N1Cc1ccccc1. The van der Waals surface area contributed by atoms with Crippen LogP contribution in [0.15, 0.2) is 30.3 Å². The van der Waals surface area contributed by atoms with Crippen LogP contribution in [0.4, 0.5) is 13.2 Å². The van der Waals surface area contributed by atoms with Crippen molar-refractivity contribution in [1.29, 1.82) is 0 Å². The average Bonchev–Trinajstić information content (AvgIpc) is 2.32. The van der Waals surface area contributed by atoms with Gasteiger partial charge in [-0.05, 0) is 5.56 Å². The molecule has 1 heterocycles. The van der Waals surface area contributed by atoms with Crippen LogP contribution in [-0.2, 0) is 16.1 Å². The molecule has 0 saturated carbocycles. The van der Waals surface area contributed by atoms with Crippen molar-refractivity contribution in [3.8, 4) is 0 Å². The van der Waals surface area contributed by atoms with E-state index >= 15 is 0 Å². The standard InChI is InChI=1S/C12H12F3NO2/c13-12(14,15)10-7-18-8-11(17)16(10)6-9-4-2-1-3-5-9/h1-5,10H,6-8H2/t10-/m0/s1. The van der Waals surface area contributed by atoms with Crippen LogP contribution in [0.3, 0.4) is 0 Å². The number of carbonyl (C=O) groups excluding carboxylic acids is 1. The van der Waals surface area contributed by atoms with Crippen molar-refractivity contribution in [2.45, 2.75) is 18.8 Å². The summed E-state index contributed by atoms with van der Waals surface area (Å²) in [7, 11) is 0. The molecule has 2 rings (SSSR count). The first-order valence-corrected chi connectivity index (χ1v) is 5.46. The molecule has 0 aromatic heterocycles. The second-order valence-corrected chi connectivity index (χ2v) is 4.08. The van der Waals surface area contributed by atoms with E-state index in [9.17, 15) is 18.0 Å².